The van der Waals surface area contributed by atoms with Crippen LogP contribution in [-0.2, 0) is 0 Å². The molecule has 0 aliphatic rings. The second-order valence-corrected chi connectivity index (χ2v) is 7.66. The third-order valence-corrected chi connectivity index (χ3v) is 5.30. The number of phenolic OH excluding ortho intramolecular Hbond substituents is 1. The van der Waals surface area contributed by atoms with E-state index in [0.29, 0.717) is 38.5 Å². The number of aromatic nitrogens is 3. The molecule has 0 aliphatic heterocycles. The van der Waals surface area contributed by atoms with Gasteiger partial charge in [0.2, 0.25) is 0 Å². The number of nitrogen functional groups attached to an aromatic ring is 1. The number of rotatable bonds is 4. The van der Waals surface area contributed by atoms with Crippen LogP contribution in [0.5, 0.6) is 5.75 Å². The topological polar surface area (TPSA) is 118 Å². The highest BCUT2D eigenvalue weighted by Gasteiger charge is 2.24. The summed E-state index contributed by atoms with van der Waals surface area (Å²) in [7, 11) is 0. The SMILES string of the molecule is Nc1c(C(=O)Nc2ccc(Cl)cc2)c2nc3ccccc3nc2n1N=Cc1ccccc1O. The molecule has 2 heterocycles. The van der Waals surface area contributed by atoms with Crippen LogP contribution < -0.4 is 11.1 Å². The number of hydrogen-bond acceptors (Lipinski definition) is 6. The fourth-order valence-corrected chi connectivity index (χ4v) is 3.56. The first kappa shape index (κ1) is 20.5. The molecule has 5 aromatic rings. The van der Waals surface area contributed by atoms with Crippen molar-refractivity contribution in [1.82, 2.24) is 14.6 Å². The van der Waals surface area contributed by atoms with E-state index < -0.39 is 5.91 Å². The molecule has 0 spiro atoms. The van der Waals surface area contributed by atoms with Crippen molar-refractivity contribution in [3.05, 3.63) is 88.9 Å². The molecular weight excluding hydrogens is 440 g/mol. The van der Waals surface area contributed by atoms with Crippen LogP contribution in [0.25, 0.3) is 22.2 Å². The Hall–Kier alpha value is -4.43. The summed E-state index contributed by atoms with van der Waals surface area (Å²) in [6.07, 6.45) is 1.45. The Bertz CT molecular complexity index is 1540. The van der Waals surface area contributed by atoms with Gasteiger partial charge >= 0.3 is 0 Å². The van der Waals surface area contributed by atoms with Gasteiger partial charge in [0.15, 0.2) is 5.65 Å². The van der Waals surface area contributed by atoms with E-state index in [9.17, 15) is 9.90 Å². The molecule has 0 bridgehead atoms. The maximum absolute atomic E-state index is 13.2. The summed E-state index contributed by atoms with van der Waals surface area (Å²) in [4.78, 5) is 22.5. The molecule has 8 nitrogen and oxygen atoms in total. The lowest BCUT2D eigenvalue weighted by Gasteiger charge is -2.05. The van der Waals surface area contributed by atoms with E-state index in [2.05, 4.69) is 20.4 Å². The number of halogens is 1. The molecule has 0 saturated carbocycles. The van der Waals surface area contributed by atoms with Gasteiger partial charge in [-0.1, -0.05) is 35.9 Å². The molecule has 0 fully saturated rings. The Morgan fingerprint density at radius 3 is 2.39 bits per heavy atom. The highest BCUT2D eigenvalue weighted by molar-refractivity contribution is 6.30. The number of anilines is 2. The van der Waals surface area contributed by atoms with Gasteiger partial charge in [0.05, 0.1) is 17.2 Å². The Balaban J connectivity index is 1.67. The van der Waals surface area contributed by atoms with Crippen molar-refractivity contribution < 1.29 is 9.90 Å². The summed E-state index contributed by atoms with van der Waals surface area (Å²) in [6.45, 7) is 0. The Labute approximate surface area is 193 Å². The molecule has 2 aromatic heterocycles. The fraction of sp³-hybridized carbons (Fsp3) is 0. The van der Waals surface area contributed by atoms with Crippen LogP contribution in [0.2, 0.25) is 5.02 Å². The van der Waals surface area contributed by atoms with Gasteiger partial charge in [0.25, 0.3) is 5.91 Å². The first-order chi connectivity index (χ1) is 16.0. The third-order valence-electron chi connectivity index (χ3n) is 5.05. The monoisotopic (exact) mass is 456 g/mol. The number of benzene rings is 3. The second kappa shape index (κ2) is 8.25. The van der Waals surface area contributed by atoms with Gasteiger partial charge in [-0.2, -0.15) is 9.78 Å². The molecule has 0 unspecified atom stereocenters. The minimum Gasteiger partial charge on any atom is -0.507 e. The van der Waals surface area contributed by atoms with Gasteiger partial charge in [-0.25, -0.2) is 9.97 Å². The predicted molar refractivity (Wildman–Crippen MR) is 130 cm³/mol. The third kappa shape index (κ3) is 3.83. The smallest absolute Gasteiger partial charge is 0.261 e. The van der Waals surface area contributed by atoms with Gasteiger partial charge < -0.3 is 16.2 Å². The number of fused-ring (bicyclic) bond motifs is 2. The van der Waals surface area contributed by atoms with Gasteiger partial charge in [-0.3, -0.25) is 4.79 Å². The van der Waals surface area contributed by atoms with E-state index in [-0.39, 0.29) is 17.1 Å². The summed E-state index contributed by atoms with van der Waals surface area (Å²) in [5.41, 5.74) is 9.45. The second-order valence-electron chi connectivity index (χ2n) is 7.22. The number of nitrogens with zero attached hydrogens (tertiary/aromatic N) is 4. The standard InChI is InChI=1S/C24H17ClN6O2/c25-15-9-11-16(12-10-15)28-24(33)20-21-23(30-18-7-3-2-6-17(18)29-21)31(22(20)26)27-13-14-5-1-4-8-19(14)32/h1-13,32H,26H2,(H,28,33). The molecule has 0 radical (unpaired) electrons. The minimum atomic E-state index is -0.457. The maximum Gasteiger partial charge on any atom is 0.261 e. The van der Waals surface area contributed by atoms with Crippen LogP contribution in [-0.4, -0.2) is 31.9 Å². The van der Waals surface area contributed by atoms with Gasteiger partial charge in [0.1, 0.15) is 22.6 Å². The zero-order chi connectivity index (χ0) is 22.9. The molecule has 4 N–H and O–H groups in total. The van der Waals surface area contributed by atoms with Gasteiger partial charge in [0, 0.05) is 16.3 Å². The molecular formula is C24H17ClN6O2. The zero-order valence-corrected chi connectivity index (χ0v) is 17.9. The van der Waals surface area contributed by atoms with E-state index in [1.54, 1.807) is 48.5 Å². The maximum atomic E-state index is 13.2. The van der Waals surface area contributed by atoms with Crippen LogP contribution in [0.15, 0.2) is 77.9 Å². The number of amides is 1. The molecule has 9 heteroatoms. The number of nitrogens with two attached hydrogens (primary N) is 1. The summed E-state index contributed by atoms with van der Waals surface area (Å²) in [6, 6.07) is 20.8. The normalized spacial score (nSPS) is 11.4. The quantitative estimate of drug-likeness (QED) is 0.340. The summed E-state index contributed by atoms with van der Waals surface area (Å²) in [5, 5.41) is 17.8. The molecule has 162 valence electrons. The first-order valence-electron chi connectivity index (χ1n) is 9.97. The average molecular weight is 457 g/mol. The molecule has 0 atom stereocenters. The number of hydrogen-bond donors (Lipinski definition) is 3. The first-order valence-corrected chi connectivity index (χ1v) is 10.3. The van der Waals surface area contributed by atoms with Crippen LogP contribution in [0.4, 0.5) is 11.5 Å². The molecule has 0 aliphatic carbocycles. The van der Waals surface area contributed by atoms with Gasteiger partial charge in [-0.15, -0.1) is 0 Å². The number of aromatic hydroxyl groups is 1. The van der Waals surface area contributed by atoms with E-state index in [4.69, 9.17) is 17.3 Å². The zero-order valence-electron chi connectivity index (χ0n) is 17.1. The predicted octanol–water partition coefficient (Wildman–Crippen LogP) is 4.66. The molecule has 1 amide bonds. The van der Waals surface area contributed by atoms with Crippen LogP contribution in [0.1, 0.15) is 15.9 Å². The number of nitrogens with one attached hydrogen (secondary N) is 1. The lowest BCUT2D eigenvalue weighted by Crippen LogP contribution is -2.14. The van der Waals surface area contributed by atoms with Crippen molar-refractivity contribution in [3.8, 4) is 5.75 Å². The summed E-state index contributed by atoms with van der Waals surface area (Å²) in [5.74, 6) is -0.326. The van der Waals surface area contributed by atoms with Crippen molar-refractivity contribution >= 4 is 57.4 Å². The number of carbonyl (C=O) groups excluding carboxylic acids is 1. The minimum absolute atomic E-state index is 0.0634. The Morgan fingerprint density at radius 2 is 1.67 bits per heavy atom. The number of carbonyl (C=O) groups is 1. The van der Waals surface area contributed by atoms with Crippen molar-refractivity contribution in [3.63, 3.8) is 0 Å². The average Bonchev–Trinajstić information content (AvgIpc) is 3.08. The van der Waals surface area contributed by atoms with Crippen LogP contribution >= 0.6 is 11.6 Å². The molecule has 33 heavy (non-hydrogen) atoms. The molecule has 3 aromatic carbocycles. The van der Waals surface area contributed by atoms with Crippen molar-refractivity contribution in [2.24, 2.45) is 5.10 Å². The Kier molecular flexibility index (Phi) is 5.12. The van der Waals surface area contributed by atoms with Crippen molar-refractivity contribution in [2.45, 2.75) is 0 Å². The highest BCUT2D eigenvalue weighted by Crippen LogP contribution is 2.29. The van der Waals surface area contributed by atoms with Crippen molar-refractivity contribution in [2.75, 3.05) is 11.1 Å². The number of phenols is 1. The van der Waals surface area contributed by atoms with Gasteiger partial charge in [-0.05, 0) is 48.5 Å². The van der Waals surface area contributed by atoms with E-state index >= 15 is 0 Å². The number of para-hydroxylation sites is 3. The Morgan fingerprint density at radius 1 is 1.00 bits per heavy atom. The van der Waals surface area contributed by atoms with Crippen LogP contribution in [0, 0.1) is 0 Å². The summed E-state index contributed by atoms with van der Waals surface area (Å²) < 4.78 is 1.35. The highest BCUT2D eigenvalue weighted by atomic mass is 35.5. The molecule has 5 rings (SSSR count). The van der Waals surface area contributed by atoms with E-state index in [1.807, 2.05) is 24.3 Å². The fourth-order valence-electron chi connectivity index (χ4n) is 3.43. The molecule has 0 saturated heterocycles. The van der Waals surface area contributed by atoms with Crippen LogP contribution in [0.3, 0.4) is 0 Å². The largest absolute Gasteiger partial charge is 0.507 e. The lowest BCUT2D eigenvalue weighted by atomic mass is 10.2. The van der Waals surface area contributed by atoms with Crippen molar-refractivity contribution in [1.29, 1.82) is 0 Å². The lowest BCUT2D eigenvalue weighted by molar-refractivity contribution is 0.102. The van der Waals surface area contributed by atoms with E-state index in [1.165, 1.54) is 10.9 Å². The van der Waals surface area contributed by atoms with E-state index in [0.717, 1.165) is 0 Å². The summed E-state index contributed by atoms with van der Waals surface area (Å²) >= 11 is 5.94.